The topological polar surface area (TPSA) is 42.7 Å². The molecule has 0 amide bonds. The van der Waals surface area contributed by atoms with E-state index in [0.29, 0.717) is 0 Å². The lowest BCUT2D eigenvalue weighted by Crippen LogP contribution is -2.08. The molecule has 0 saturated carbocycles. The quantitative estimate of drug-likeness (QED) is 0.858. The molecule has 4 nitrogen and oxygen atoms in total. The van der Waals surface area contributed by atoms with Crippen molar-refractivity contribution < 1.29 is 0 Å². The van der Waals surface area contributed by atoms with Crippen LogP contribution >= 0.6 is 11.3 Å². The summed E-state index contributed by atoms with van der Waals surface area (Å²) in [5.41, 5.74) is 2.30. The number of hydrogen-bond acceptors (Lipinski definition) is 4. The Hall–Kier alpha value is -1.36. The van der Waals surface area contributed by atoms with E-state index in [1.807, 2.05) is 36.3 Å². The maximum absolute atomic E-state index is 4.34. The third-order valence-electron chi connectivity index (χ3n) is 2.20. The van der Waals surface area contributed by atoms with Crippen molar-refractivity contribution in [3.05, 3.63) is 29.0 Å². The van der Waals surface area contributed by atoms with Crippen molar-refractivity contribution in [2.24, 2.45) is 7.05 Å². The van der Waals surface area contributed by atoms with Gasteiger partial charge in [0.25, 0.3) is 0 Å². The second-order valence-corrected chi connectivity index (χ2v) is 4.28. The van der Waals surface area contributed by atoms with Gasteiger partial charge in [0.2, 0.25) is 0 Å². The number of aromatic nitrogens is 3. The van der Waals surface area contributed by atoms with Crippen LogP contribution in [-0.2, 0) is 13.5 Å². The number of thiazole rings is 1. The number of rotatable bonds is 4. The Bertz CT molecular complexity index is 432. The largest absolute Gasteiger partial charge is 0.361 e. The smallest absolute Gasteiger partial charge is 0.182 e. The Morgan fingerprint density at radius 2 is 2.40 bits per heavy atom. The molecule has 0 aliphatic heterocycles. The van der Waals surface area contributed by atoms with E-state index >= 15 is 0 Å². The van der Waals surface area contributed by atoms with Gasteiger partial charge >= 0.3 is 0 Å². The zero-order valence-electron chi connectivity index (χ0n) is 8.90. The maximum Gasteiger partial charge on any atom is 0.182 e. The van der Waals surface area contributed by atoms with Gasteiger partial charge in [0.1, 0.15) is 0 Å². The molecule has 2 rings (SSSR count). The Balaban J connectivity index is 1.83. The van der Waals surface area contributed by atoms with E-state index in [9.17, 15) is 0 Å². The number of nitrogens with zero attached hydrogens (tertiary/aromatic N) is 3. The first-order valence-electron chi connectivity index (χ1n) is 4.88. The Morgan fingerprint density at radius 1 is 1.53 bits per heavy atom. The summed E-state index contributed by atoms with van der Waals surface area (Å²) in [5.74, 6) is 0. The first kappa shape index (κ1) is 10.2. The van der Waals surface area contributed by atoms with E-state index in [-0.39, 0.29) is 0 Å². The highest BCUT2D eigenvalue weighted by molar-refractivity contribution is 7.13. The highest BCUT2D eigenvalue weighted by Gasteiger charge is 2.00. The van der Waals surface area contributed by atoms with Crippen molar-refractivity contribution in [1.82, 2.24) is 14.8 Å². The van der Waals surface area contributed by atoms with Gasteiger partial charge in [0.15, 0.2) is 5.13 Å². The minimum Gasteiger partial charge on any atom is -0.361 e. The third kappa shape index (κ3) is 2.56. The van der Waals surface area contributed by atoms with Crippen LogP contribution in [0.1, 0.15) is 11.4 Å². The van der Waals surface area contributed by atoms with Crippen molar-refractivity contribution in [2.75, 3.05) is 11.9 Å². The van der Waals surface area contributed by atoms with Gasteiger partial charge in [0, 0.05) is 37.3 Å². The van der Waals surface area contributed by atoms with Crippen LogP contribution in [-0.4, -0.2) is 21.3 Å². The predicted molar refractivity (Wildman–Crippen MR) is 62.3 cm³/mol. The molecule has 2 aromatic heterocycles. The lowest BCUT2D eigenvalue weighted by atomic mass is 10.3. The maximum atomic E-state index is 4.34. The molecular formula is C10H14N4S. The zero-order chi connectivity index (χ0) is 10.7. The van der Waals surface area contributed by atoms with E-state index in [0.717, 1.165) is 23.8 Å². The highest BCUT2D eigenvalue weighted by atomic mass is 32.1. The summed E-state index contributed by atoms with van der Waals surface area (Å²) < 4.78 is 1.90. The van der Waals surface area contributed by atoms with Crippen LogP contribution in [0.3, 0.4) is 0 Å². The Kier molecular flexibility index (Phi) is 3.01. The minimum atomic E-state index is 0.895. The number of hydrogen-bond donors (Lipinski definition) is 1. The zero-order valence-corrected chi connectivity index (χ0v) is 9.71. The van der Waals surface area contributed by atoms with Gasteiger partial charge in [-0.05, 0) is 13.0 Å². The molecule has 1 N–H and O–H groups in total. The normalized spacial score (nSPS) is 10.5. The van der Waals surface area contributed by atoms with E-state index in [1.165, 1.54) is 5.69 Å². The van der Waals surface area contributed by atoms with Crippen molar-refractivity contribution in [2.45, 2.75) is 13.3 Å². The average molecular weight is 222 g/mol. The second-order valence-electron chi connectivity index (χ2n) is 3.42. The van der Waals surface area contributed by atoms with Crippen molar-refractivity contribution in [1.29, 1.82) is 0 Å². The van der Waals surface area contributed by atoms with E-state index in [2.05, 4.69) is 15.4 Å². The molecule has 2 aromatic rings. The summed E-state index contributed by atoms with van der Waals surface area (Å²) in [7, 11) is 1.96. The Morgan fingerprint density at radius 3 is 3.00 bits per heavy atom. The molecular weight excluding hydrogens is 208 g/mol. The van der Waals surface area contributed by atoms with Gasteiger partial charge in [-0.2, -0.15) is 5.10 Å². The first-order chi connectivity index (χ1) is 7.25. The van der Waals surface area contributed by atoms with E-state index < -0.39 is 0 Å². The number of anilines is 1. The molecule has 0 radical (unpaired) electrons. The molecule has 0 aromatic carbocycles. The summed E-state index contributed by atoms with van der Waals surface area (Å²) >= 11 is 1.65. The molecule has 0 saturated heterocycles. The first-order valence-corrected chi connectivity index (χ1v) is 5.76. The molecule has 2 heterocycles. The number of nitrogens with one attached hydrogen (secondary N) is 1. The molecule has 5 heteroatoms. The summed E-state index contributed by atoms with van der Waals surface area (Å²) in [6.45, 7) is 2.90. The lowest BCUT2D eigenvalue weighted by Gasteiger charge is -2.02. The molecule has 0 aliphatic rings. The van der Waals surface area contributed by atoms with E-state index in [1.54, 1.807) is 11.3 Å². The Labute approximate surface area is 93.0 Å². The summed E-state index contributed by atoms with van der Waals surface area (Å²) in [6, 6.07) is 2.04. The minimum absolute atomic E-state index is 0.895. The van der Waals surface area contributed by atoms with Crippen LogP contribution in [0.15, 0.2) is 17.6 Å². The molecule has 15 heavy (non-hydrogen) atoms. The van der Waals surface area contributed by atoms with Gasteiger partial charge in [-0.3, -0.25) is 4.68 Å². The fourth-order valence-corrected chi connectivity index (χ4v) is 2.10. The van der Waals surface area contributed by atoms with Crippen LogP contribution in [0.4, 0.5) is 5.13 Å². The van der Waals surface area contributed by atoms with E-state index in [4.69, 9.17) is 0 Å². The summed E-state index contributed by atoms with van der Waals surface area (Å²) in [5, 5.41) is 10.5. The van der Waals surface area contributed by atoms with Crippen LogP contribution in [0, 0.1) is 6.92 Å². The van der Waals surface area contributed by atoms with Crippen LogP contribution in [0.2, 0.25) is 0 Å². The van der Waals surface area contributed by atoms with Crippen LogP contribution in [0.25, 0.3) is 0 Å². The third-order valence-corrected chi connectivity index (χ3v) is 3.12. The molecule has 0 aliphatic carbocycles. The van der Waals surface area contributed by atoms with Gasteiger partial charge in [-0.1, -0.05) is 0 Å². The van der Waals surface area contributed by atoms with Gasteiger partial charge in [0.05, 0.1) is 5.69 Å². The van der Waals surface area contributed by atoms with Crippen LogP contribution in [0.5, 0.6) is 0 Å². The predicted octanol–water partition coefficient (Wildman–Crippen LogP) is 1.84. The van der Waals surface area contributed by atoms with Crippen LogP contribution < -0.4 is 5.32 Å². The fourth-order valence-electron chi connectivity index (χ4n) is 1.38. The number of aryl methyl sites for hydroxylation is 2. The van der Waals surface area contributed by atoms with Crippen molar-refractivity contribution in [3.63, 3.8) is 0 Å². The molecule has 0 unspecified atom stereocenters. The average Bonchev–Trinajstić information content (AvgIpc) is 2.77. The molecule has 0 fully saturated rings. The lowest BCUT2D eigenvalue weighted by molar-refractivity contribution is 0.711. The SMILES string of the molecule is Cc1csc(NCCc2ccnn2C)n1. The van der Waals surface area contributed by atoms with Gasteiger partial charge in [-0.25, -0.2) is 4.98 Å². The van der Waals surface area contributed by atoms with Gasteiger partial charge in [-0.15, -0.1) is 11.3 Å². The molecule has 0 atom stereocenters. The molecule has 0 spiro atoms. The van der Waals surface area contributed by atoms with Gasteiger partial charge < -0.3 is 5.32 Å². The molecule has 80 valence electrons. The standard InChI is InChI=1S/C10H14N4S/c1-8-7-15-10(13-8)11-5-3-9-4-6-12-14(9)2/h4,6-7H,3,5H2,1-2H3,(H,11,13). The monoisotopic (exact) mass is 222 g/mol. The fraction of sp³-hybridized carbons (Fsp3) is 0.400. The molecule has 0 bridgehead atoms. The summed E-state index contributed by atoms with van der Waals surface area (Å²) in [4.78, 5) is 4.34. The summed E-state index contributed by atoms with van der Waals surface area (Å²) in [6.07, 6.45) is 2.79. The van der Waals surface area contributed by atoms with Crippen molar-refractivity contribution in [3.8, 4) is 0 Å². The van der Waals surface area contributed by atoms with Crippen molar-refractivity contribution >= 4 is 16.5 Å². The highest BCUT2D eigenvalue weighted by Crippen LogP contribution is 2.14. The second kappa shape index (κ2) is 4.44.